The molecular formula is C15H21N3O. The van der Waals surface area contributed by atoms with Crippen molar-refractivity contribution in [3.8, 4) is 0 Å². The van der Waals surface area contributed by atoms with Gasteiger partial charge in [-0.3, -0.25) is 14.7 Å². The molecule has 1 amide bonds. The molecule has 4 nitrogen and oxygen atoms in total. The number of aromatic nitrogens is 1. The lowest BCUT2D eigenvalue weighted by molar-refractivity contribution is -0.126. The number of pyridine rings is 1. The third-order valence-corrected chi connectivity index (χ3v) is 3.99. The van der Waals surface area contributed by atoms with E-state index in [-0.39, 0.29) is 11.8 Å². The monoisotopic (exact) mass is 259 g/mol. The molecule has 2 aliphatic rings. The molecule has 0 unspecified atom stereocenters. The molecule has 1 aliphatic heterocycles. The summed E-state index contributed by atoms with van der Waals surface area (Å²) in [6.07, 6.45) is 6.14. The molecule has 3 rings (SSSR count). The van der Waals surface area contributed by atoms with Gasteiger partial charge in [-0.05, 0) is 50.9 Å². The average molecular weight is 259 g/mol. The van der Waals surface area contributed by atoms with E-state index < -0.39 is 0 Å². The number of likely N-dealkylation sites (tertiary alicyclic amines) is 1. The van der Waals surface area contributed by atoms with Gasteiger partial charge >= 0.3 is 0 Å². The molecule has 0 atom stereocenters. The standard InChI is InChI=1S/C15H21N3O/c19-15(17-13-4-5-13)12-6-9-18(10-7-12)11-14-3-1-2-8-16-14/h1-3,8,12-13H,4-7,9-11H2,(H,17,19). The summed E-state index contributed by atoms with van der Waals surface area (Å²) in [6, 6.07) is 6.51. The smallest absolute Gasteiger partial charge is 0.223 e. The Morgan fingerprint density at radius 1 is 1.26 bits per heavy atom. The first-order valence-corrected chi connectivity index (χ1v) is 7.24. The normalized spacial score (nSPS) is 21.3. The van der Waals surface area contributed by atoms with E-state index in [2.05, 4.69) is 21.3 Å². The van der Waals surface area contributed by atoms with Crippen LogP contribution in [0.15, 0.2) is 24.4 Å². The van der Waals surface area contributed by atoms with E-state index in [4.69, 9.17) is 0 Å². The number of nitrogens with zero attached hydrogens (tertiary/aromatic N) is 2. The summed E-state index contributed by atoms with van der Waals surface area (Å²) in [7, 11) is 0. The summed E-state index contributed by atoms with van der Waals surface area (Å²) < 4.78 is 0. The first-order valence-electron chi connectivity index (χ1n) is 7.24. The van der Waals surface area contributed by atoms with Crippen LogP contribution in [0.5, 0.6) is 0 Å². The summed E-state index contributed by atoms with van der Waals surface area (Å²) in [4.78, 5) is 18.7. The molecule has 0 aromatic carbocycles. The highest BCUT2D eigenvalue weighted by molar-refractivity contribution is 5.79. The van der Waals surface area contributed by atoms with E-state index in [1.807, 2.05) is 18.3 Å². The molecule has 0 spiro atoms. The molecule has 1 saturated heterocycles. The molecule has 1 saturated carbocycles. The Bertz CT molecular complexity index is 422. The van der Waals surface area contributed by atoms with Crippen molar-refractivity contribution in [2.75, 3.05) is 13.1 Å². The maximum absolute atomic E-state index is 12.0. The van der Waals surface area contributed by atoms with Crippen LogP contribution in [0.1, 0.15) is 31.4 Å². The minimum Gasteiger partial charge on any atom is -0.353 e. The summed E-state index contributed by atoms with van der Waals surface area (Å²) in [5, 5.41) is 3.12. The number of hydrogen-bond donors (Lipinski definition) is 1. The largest absolute Gasteiger partial charge is 0.353 e. The second-order valence-electron chi connectivity index (χ2n) is 5.65. The predicted molar refractivity (Wildman–Crippen MR) is 73.4 cm³/mol. The number of piperidine rings is 1. The van der Waals surface area contributed by atoms with Crippen molar-refractivity contribution in [3.63, 3.8) is 0 Å². The maximum Gasteiger partial charge on any atom is 0.223 e. The van der Waals surface area contributed by atoms with E-state index in [0.29, 0.717) is 6.04 Å². The number of carbonyl (C=O) groups is 1. The van der Waals surface area contributed by atoms with Crippen LogP contribution in [0.4, 0.5) is 0 Å². The van der Waals surface area contributed by atoms with Gasteiger partial charge in [0.25, 0.3) is 0 Å². The van der Waals surface area contributed by atoms with Crippen LogP contribution in [0.3, 0.4) is 0 Å². The molecule has 102 valence electrons. The zero-order valence-electron chi connectivity index (χ0n) is 11.2. The van der Waals surface area contributed by atoms with Gasteiger partial charge in [0, 0.05) is 24.7 Å². The van der Waals surface area contributed by atoms with Crippen LogP contribution in [0.25, 0.3) is 0 Å². The molecule has 4 heteroatoms. The number of rotatable bonds is 4. The Labute approximate surface area is 114 Å². The topological polar surface area (TPSA) is 45.2 Å². The van der Waals surface area contributed by atoms with Gasteiger partial charge < -0.3 is 5.32 Å². The third-order valence-electron chi connectivity index (χ3n) is 3.99. The Hall–Kier alpha value is -1.42. The zero-order chi connectivity index (χ0) is 13.1. The Balaban J connectivity index is 1.45. The van der Waals surface area contributed by atoms with Gasteiger partial charge in [-0.25, -0.2) is 0 Å². The van der Waals surface area contributed by atoms with Gasteiger partial charge in [-0.1, -0.05) is 6.07 Å². The lowest BCUT2D eigenvalue weighted by Crippen LogP contribution is -2.40. The Kier molecular flexibility index (Phi) is 3.78. The van der Waals surface area contributed by atoms with Crippen molar-refractivity contribution < 1.29 is 4.79 Å². The summed E-state index contributed by atoms with van der Waals surface area (Å²) >= 11 is 0. The lowest BCUT2D eigenvalue weighted by Gasteiger charge is -2.31. The van der Waals surface area contributed by atoms with E-state index in [1.54, 1.807) is 0 Å². The second-order valence-corrected chi connectivity index (χ2v) is 5.65. The summed E-state index contributed by atoms with van der Waals surface area (Å²) in [5.74, 6) is 0.501. The van der Waals surface area contributed by atoms with Crippen LogP contribution in [0.2, 0.25) is 0 Å². The van der Waals surface area contributed by atoms with Crippen molar-refractivity contribution in [1.29, 1.82) is 0 Å². The Morgan fingerprint density at radius 3 is 2.68 bits per heavy atom. The average Bonchev–Trinajstić information content (AvgIpc) is 3.25. The zero-order valence-corrected chi connectivity index (χ0v) is 11.2. The molecule has 2 heterocycles. The van der Waals surface area contributed by atoms with Gasteiger partial charge in [0.2, 0.25) is 5.91 Å². The minimum absolute atomic E-state index is 0.223. The molecule has 1 aromatic rings. The van der Waals surface area contributed by atoms with Crippen LogP contribution in [-0.2, 0) is 11.3 Å². The summed E-state index contributed by atoms with van der Waals surface area (Å²) in [6.45, 7) is 2.90. The SMILES string of the molecule is O=C(NC1CC1)C1CCN(Cc2ccccn2)CC1. The number of carbonyl (C=O) groups excluding carboxylic acids is 1. The summed E-state index contributed by atoms with van der Waals surface area (Å²) in [5.41, 5.74) is 1.11. The van der Waals surface area contributed by atoms with Crippen LogP contribution in [0, 0.1) is 5.92 Å². The number of amides is 1. The molecule has 0 bridgehead atoms. The van der Waals surface area contributed by atoms with E-state index in [9.17, 15) is 4.79 Å². The van der Waals surface area contributed by atoms with Crippen molar-refractivity contribution in [2.24, 2.45) is 5.92 Å². The maximum atomic E-state index is 12.0. The lowest BCUT2D eigenvalue weighted by atomic mass is 9.96. The van der Waals surface area contributed by atoms with E-state index in [1.165, 1.54) is 12.8 Å². The predicted octanol–water partition coefficient (Wildman–Crippen LogP) is 1.57. The van der Waals surface area contributed by atoms with Gasteiger partial charge in [-0.15, -0.1) is 0 Å². The second kappa shape index (κ2) is 5.70. The molecule has 1 N–H and O–H groups in total. The van der Waals surface area contributed by atoms with Crippen molar-refractivity contribution in [3.05, 3.63) is 30.1 Å². The Morgan fingerprint density at radius 2 is 2.05 bits per heavy atom. The highest BCUT2D eigenvalue weighted by atomic mass is 16.2. The minimum atomic E-state index is 0.223. The fourth-order valence-corrected chi connectivity index (χ4v) is 2.62. The van der Waals surface area contributed by atoms with Gasteiger partial charge in [0.1, 0.15) is 0 Å². The van der Waals surface area contributed by atoms with Crippen molar-refractivity contribution in [1.82, 2.24) is 15.2 Å². The van der Waals surface area contributed by atoms with Crippen LogP contribution >= 0.6 is 0 Å². The molecule has 19 heavy (non-hydrogen) atoms. The molecule has 2 fully saturated rings. The fraction of sp³-hybridized carbons (Fsp3) is 0.600. The van der Waals surface area contributed by atoms with E-state index in [0.717, 1.165) is 38.2 Å². The third kappa shape index (κ3) is 3.53. The van der Waals surface area contributed by atoms with Crippen molar-refractivity contribution >= 4 is 5.91 Å². The number of hydrogen-bond acceptors (Lipinski definition) is 3. The van der Waals surface area contributed by atoms with Gasteiger partial charge in [0.05, 0.1) is 5.69 Å². The molecule has 0 radical (unpaired) electrons. The molecular weight excluding hydrogens is 238 g/mol. The molecule has 1 aliphatic carbocycles. The quantitative estimate of drug-likeness (QED) is 0.892. The van der Waals surface area contributed by atoms with E-state index >= 15 is 0 Å². The molecule has 1 aromatic heterocycles. The first kappa shape index (κ1) is 12.6. The first-order chi connectivity index (χ1) is 9.31. The van der Waals surface area contributed by atoms with Gasteiger partial charge in [-0.2, -0.15) is 0 Å². The fourth-order valence-electron chi connectivity index (χ4n) is 2.62. The van der Waals surface area contributed by atoms with Gasteiger partial charge in [0.15, 0.2) is 0 Å². The highest BCUT2D eigenvalue weighted by Gasteiger charge is 2.29. The van der Waals surface area contributed by atoms with Crippen molar-refractivity contribution in [2.45, 2.75) is 38.3 Å². The van der Waals surface area contributed by atoms with Crippen LogP contribution in [-0.4, -0.2) is 34.9 Å². The highest BCUT2D eigenvalue weighted by Crippen LogP contribution is 2.23. The number of nitrogens with one attached hydrogen (secondary N) is 1. The van der Waals surface area contributed by atoms with Crippen LogP contribution < -0.4 is 5.32 Å².